The van der Waals surface area contributed by atoms with Gasteiger partial charge in [0.1, 0.15) is 0 Å². The van der Waals surface area contributed by atoms with Crippen LogP contribution in [0.5, 0.6) is 0 Å². The van der Waals surface area contributed by atoms with E-state index in [1.807, 2.05) is 31.2 Å². The first-order valence-electron chi connectivity index (χ1n) is 6.58. The molecule has 1 aromatic carbocycles. The molecule has 1 saturated heterocycles. The second-order valence-electron chi connectivity index (χ2n) is 5.17. The van der Waals surface area contributed by atoms with E-state index in [9.17, 15) is 4.79 Å². The van der Waals surface area contributed by atoms with Crippen LogP contribution in [-0.2, 0) is 4.79 Å². The van der Waals surface area contributed by atoms with Crippen molar-refractivity contribution in [3.05, 3.63) is 28.7 Å². The van der Waals surface area contributed by atoms with E-state index < -0.39 is 0 Å². The molecule has 0 aromatic heterocycles. The number of benzene rings is 1. The van der Waals surface area contributed by atoms with Crippen molar-refractivity contribution in [3.8, 4) is 0 Å². The van der Waals surface area contributed by atoms with Crippen LogP contribution in [0.4, 0.5) is 5.69 Å². The molecule has 1 aliphatic heterocycles. The summed E-state index contributed by atoms with van der Waals surface area (Å²) in [6, 6.07) is 7.83. The van der Waals surface area contributed by atoms with E-state index in [0.717, 1.165) is 29.7 Å². The molecule has 0 aliphatic carbocycles. The van der Waals surface area contributed by atoms with Crippen molar-refractivity contribution in [1.29, 1.82) is 0 Å². The van der Waals surface area contributed by atoms with E-state index in [2.05, 4.69) is 26.1 Å². The van der Waals surface area contributed by atoms with Crippen molar-refractivity contribution in [2.75, 3.05) is 25.0 Å². The second kappa shape index (κ2) is 6.50. The Morgan fingerprint density at radius 2 is 2.32 bits per heavy atom. The molecule has 1 aliphatic rings. The van der Waals surface area contributed by atoms with E-state index >= 15 is 0 Å². The lowest BCUT2D eigenvalue weighted by molar-refractivity contribution is -0.117. The molecule has 0 radical (unpaired) electrons. The highest BCUT2D eigenvalue weighted by atomic mass is 79.9. The van der Waals surface area contributed by atoms with Gasteiger partial charge in [0.2, 0.25) is 5.91 Å². The summed E-state index contributed by atoms with van der Waals surface area (Å²) >= 11 is 3.42. The highest BCUT2D eigenvalue weighted by molar-refractivity contribution is 9.10. The van der Waals surface area contributed by atoms with E-state index in [1.54, 1.807) is 0 Å². The molecular weight excluding hydrogens is 306 g/mol. The largest absolute Gasteiger partial charge is 0.328 e. The average molecular weight is 326 g/mol. The third kappa shape index (κ3) is 4.03. The summed E-state index contributed by atoms with van der Waals surface area (Å²) in [5, 5.41) is 2.92. The molecule has 4 nitrogen and oxygen atoms in total. The average Bonchev–Trinajstić information content (AvgIpc) is 2.80. The Balaban J connectivity index is 1.84. The van der Waals surface area contributed by atoms with Crippen molar-refractivity contribution < 1.29 is 4.79 Å². The molecule has 1 heterocycles. The van der Waals surface area contributed by atoms with Gasteiger partial charge in [0.15, 0.2) is 0 Å². The number of hydrogen-bond donors (Lipinski definition) is 2. The first-order chi connectivity index (χ1) is 9.06. The van der Waals surface area contributed by atoms with Crippen LogP contribution in [0.25, 0.3) is 0 Å². The molecule has 2 atom stereocenters. The molecule has 1 fully saturated rings. The number of nitrogens with zero attached hydrogens (tertiary/aromatic N) is 1. The standard InChI is InChI=1S/C14H20BrN3O/c1-10(16)11-6-7-18(8-11)9-14(19)17-13-5-3-2-4-12(13)15/h2-5,10-11H,6-9,16H2,1H3,(H,17,19). The molecule has 104 valence electrons. The minimum Gasteiger partial charge on any atom is -0.328 e. The first kappa shape index (κ1) is 14.5. The van der Waals surface area contributed by atoms with Crippen LogP contribution in [0.1, 0.15) is 13.3 Å². The van der Waals surface area contributed by atoms with Gasteiger partial charge >= 0.3 is 0 Å². The van der Waals surface area contributed by atoms with Crippen molar-refractivity contribution >= 4 is 27.5 Å². The summed E-state index contributed by atoms with van der Waals surface area (Å²) in [6.07, 6.45) is 1.08. The third-order valence-corrected chi connectivity index (χ3v) is 4.26. The number of carbonyl (C=O) groups excluding carboxylic acids is 1. The maximum Gasteiger partial charge on any atom is 0.238 e. The lowest BCUT2D eigenvalue weighted by Gasteiger charge is -2.17. The monoisotopic (exact) mass is 325 g/mol. The lowest BCUT2D eigenvalue weighted by Crippen LogP contribution is -2.34. The van der Waals surface area contributed by atoms with Gasteiger partial charge in [-0.15, -0.1) is 0 Å². The van der Waals surface area contributed by atoms with Crippen LogP contribution in [0.15, 0.2) is 28.7 Å². The van der Waals surface area contributed by atoms with Crippen LogP contribution in [0.3, 0.4) is 0 Å². The van der Waals surface area contributed by atoms with Crippen molar-refractivity contribution in [3.63, 3.8) is 0 Å². The Kier molecular flexibility index (Phi) is 4.96. The molecule has 1 aromatic rings. The van der Waals surface area contributed by atoms with E-state index in [4.69, 9.17) is 5.73 Å². The fourth-order valence-corrected chi connectivity index (χ4v) is 2.77. The van der Waals surface area contributed by atoms with Gasteiger partial charge in [0, 0.05) is 17.1 Å². The number of hydrogen-bond acceptors (Lipinski definition) is 3. The minimum absolute atomic E-state index is 0.0252. The van der Waals surface area contributed by atoms with Gasteiger partial charge in [0.05, 0.1) is 12.2 Å². The summed E-state index contributed by atoms with van der Waals surface area (Å²) in [5.41, 5.74) is 6.72. The van der Waals surface area contributed by atoms with Gasteiger partial charge in [0.25, 0.3) is 0 Å². The number of halogens is 1. The molecular formula is C14H20BrN3O. The zero-order valence-electron chi connectivity index (χ0n) is 11.1. The van der Waals surface area contributed by atoms with Gasteiger partial charge in [-0.25, -0.2) is 0 Å². The predicted octanol–water partition coefficient (Wildman–Crippen LogP) is 2.06. The maximum absolute atomic E-state index is 12.0. The van der Waals surface area contributed by atoms with Gasteiger partial charge in [-0.1, -0.05) is 12.1 Å². The number of nitrogens with two attached hydrogens (primary N) is 1. The molecule has 5 heteroatoms. The molecule has 0 bridgehead atoms. The normalized spacial score (nSPS) is 21.3. The van der Waals surface area contributed by atoms with Crippen LogP contribution in [-0.4, -0.2) is 36.5 Å². The fourth-order valence-electron chi connectivity index (χ4n) is 2.39. The van der Waals surface area contributed by atoms with Crippen LogP contribution in [0.2, 0.25) is 0 Å². The number of rotatable bonds is 4. The summed E-state index contributed by atoms with van der Waals surface area (Å²) in [4.78, 5) is 14.2. The summed E-state index contributed by atoms with van der Waals surface area (Å²) < 4.78 is 0.901. The molecule has 3 N–H and O–H groups in total. The van der Waals surface area contributed by atoms with Gasteiger partial charge in [-0.3, -0.25) is 9.69 Å². The molecule has 2 rings (SSSR count). The van der Waals surface area contributed by atoms with Gasteiger partial charge in [-0.05, 0) is 53.9 Å². The third-order valence-electron chi connectivity index (χ3n) is 3.57. The zero-order valence-corrected chi connectivity index (χ0v) is 12.7. The van der Waals surface area contributed by atoms with Crippen molar-refractivity contribution in [1.82, 2.24) is 4.90 Å². The SMILES string of the molecule is CC(N)C1CCN(CC(=O)Nc2ccccc2Br)C1. The van der Waals surface area contributed by atoms with Crippen LogP contribution in [0, 0.1) is 5.92 Å². The minimum atomic E-state index is 0.0252. The Bertz CT molecular complexity index is 450. The number of para-hydroxylation sites is 1. The van der Waals surface area contributed by atoms with Crippen molar-refractivity contribution in [2.45, 2.75) is 19.4 Å². The Morgan fingerprint density at radius 3 is 2.95 bits per heavy atom. The summed E-state index contributed by atoms with van der Waals surface area (Å²) in [7, 11) is 0. The highest BCUT2D eigenvalue weighted by Gasteiger charge is 2.26. The Hall–Kier alpha value is -0.910. The van der Waals surface area contributed by atoms with Gasteiger partial charge in [-0.2, -0.15) is 0 Å². The smallest absolute Gasteiger partial charge is 0.238 e. The molecule has 0 saturated carbocycles. The first-order valence-corrected chi connectivity index (χ1v) is 7.38. The topological polar surface area (TPSA) is 58.4 Å². The number of nitrogens with one attached hydrogen (secondary N) is 1. The highest BCUT2D eigenvalue weighted by Crippen LogP contribution is 2.22. The van der Waals surface area contributed by atoms with E-state index in [1.165, 1.54) is 0 Å². The van der Waals surface area contributed by atoms with Crippen molar-refractivity contribution in [2.24, 2.45) is 11.7 Å². The van der Waals surface area contributed by atoms with Crippen LogP contribution >= 0.6 is 15.9 Å². The van der Waals surface area contributed by atoms with Crippen LogP contribution < -0.4 is 11.1 Å². The summed E-state index contributed by atoms with van der Waals surface area (Å²) in [6.45, 7) is 4.34. The summed E-state index contributed by atoms with van der Waals surface area (Å²) in [5.74, 6) is 0.536. The molecule has 0 spiro atoms. The number of anilines is 1. The Labute approximate surface area is 122 Å². The maximum atomic E-state index is 12.0. The fraction of sp³-hybridized carbons (Fsp3) is 0.500. The number of likely N-dealkylation sites (tertiary alicyclic amines) is 1. The quantitative estimate of drug-likeness (QED) is 0.890. The van der Waals surface area contributed by atoms with E-state index in [0.29, 0.717) is 12.5 Å². The molecule has 2 unspecified atom stereocenters. The second-order valence-corrected chi connectivity index (χ2v) is 6.03. The zero-order chi connectivity index (χ0) is 13.8. The number of amides is 1. The molecule has 1 amide bonds. The Morgan fingerprint density at radius 1 is 1.58 bits per heavy atom. The molecule has 19 heavy (non-hydrogen) atoms. The predicted molar refractivity (Wildman–Crippen MR) is 81.0 cm³/mol. The van der Waals surface area contributed by atoms with E-state index in [-0.39, 0.29) is 11.9 Å². The number of carbonyl (C=O) groups is 1. The lowest BCUT2D eigenvalue weighted by atomic mass is 10.0. The van der Waals surface area contributed by atoms with Gasteiger partial charge < -0.3 is 11.1 Å².